The second-order valence-electron chi connectivity index (χ2n) is 6.04. The summed E-state index contributed by atoms with van der Waals surface area (Å²) in [5.74, 6) is 0.884. The van der Waals surface area contributed by atoms with Gasteiger partial charge >= 0.3 is 0 Å². The fraction of sp³-hybridized carbons (Fsp3) is 0.625. The second-order valence-corrected chi connectivity index (χ2v) is 6.04. The van der Waals surface area contributed by atoms with Crippen molar-refractivity contribution in [3.8, 4) is 0 Å². The minimum atomic E-state index is 0.0521. The van der Waals surface area contributed by atoms with Crippen molar-refractivity contribution >= 4 is 11.8 Å². The van der Waals surface area contributed by atoms with E-state index in [1.807, 2.05) is 9.80 Å². The Kier molecular flexibility index (Phi) is 4.27. The summed E-state index contributed by atoms with van der Waals surface area (Å²) in [6.45, 7) is 3.33. The van der Waals surface area contributed by atoms with E-state index in [2.05, 4.69) is 0 Å². The molecule has 0 spiro atoms. The van der Waals surface area contributed by atoms with Gasteiger partial charge in [0.2, 0.25) is 5.91 Å². The summed E-state index contributed by atoms with van der Waals surface area (Å²) >= 11 is 0. The maximum Gasteiger partial charge on any atom is 0.257 e. The third kappa shape index (κ3) is 3.28. The minimum absolute atomic E-state index is 0.0521. The maximum atomic E-state index is 12.2. The van der Waals surface area contributed by atoms with E-state index < -0.39 is 0 Å². The number of carbonyl (C=O) groups excluding carboxylic acids is 2. The molecule has 0 saturated carbocycles. The lowest BCUT2D eigenvalue weighted by Gasteiger charge is -2.36. The number of piperidine rings is 2. The van der Waals surface area contributed by atoms with Crippen LogP contribution in [-0.2, 0) is 4.79 Å². The molecule has 0 atom stereocenters. The van der Waals surface area contributed by atoms with Crippen LogP contribution in [0.5, 0.6) is 0 Å². The normalized spacial score (nSPS) is 20.9. The van der Waals surface area contributed by atoms with Crippen LogP contribution in [0.2, 0.25) is 0 Å². The Morgan fingerprint density at radius 1 is 1.24 bits per heavy atom. The highest BCUT2D eigenvalue weighted by Gasteiger charge is 2.27. The van der Waals surface area contributed by atoms with E-state index in [0.717, 1.165) is 51.9 Å². The molecule has 0 aliphatic carbocycles. The summed E-state index contributed by atoms with van der Waals surface area (Å²) < 4.78 is 4.97. The number of likely N-dealkylation sites (tertiary alicyclic amines) is 2. The quantitative estimate of drug-likeness (QED) is 0.857. The number of hydrogen-bond acceptors (Lipinski definition) is 3. The fourth-order valence-corrected chi connectivity index (χ4v) is 3.25. The summed E-state index contributed by atoms with van der Waals surface area (Å²) in [5.41, 5.74) is 0.625. The first-order chi connectivity index (χ1) is 10.2. The first-order valence-corrected chi connectivity index (χ1v) is 7.83. The third-order valence-electron chi connectivity index (χ3n) is 4.57. The number of nitrogens with zero attached hydrogens (tertiary/aromatic N) is 2. The molecule has 5 nitrogen and oxygen atoms in total. The lowest BCUT2D eigenvalue weighted by Crippen LogP contribution is -2.44. The van der Waals surface area contributed by atoms with E-state index in [1.165, 1.54) is 12.5 Å². The van der Waals surface area contributed by atoms with Gasteiger partial charge in [-0.15, -0.1) is 0 Å². The van der Waals surface area contributed by atoms with Crippen molar-refractivity contribution in [1.82, 2.24) is 9.80 Å². The van der Waals surface area contributed by atoms with Crippen molar-refractivity contribution in [1.29, 1.82) is 0 Å². The van der Waals surface area contributed by atoms with Gasteiger partial charge in [-0.25, -0.2) is 0 Å². The van der Waals surface area contributed by atoms with Gasteiger partial charge in [-0.2, -0.15) is 0 Å². The van der Waals surface area contributed by atoms with Gasteiger partial charge in [0, 0.05) is 32.6 Å². The van der Waals surface area contributed by atoms with E-state index in [4.69, 9.17) is 4.42 Å². The zero-order chi connectivity index (χ0) is 14.7. The molecule has 0 bridgehead atoms. The minimum Gasteiger partial charge on any atom is -0.472 e. The van der Waals surface area contributed by atoms with Gasteiger partial charge in [0.25, 0.3) is 5.91 Å². The molecule has 1 aromatic rings. The Morgan fingerprint density at radius 3 is 2.71 bits per heavy atom. The largest absolute Gasteiger partial charge is 0.472 e. The highest BCUT2D eigenvalue weighted by Crippen LogP contribution is 2.22. The van der Waals surface area contributed by atoms with E-state index >= 15 is 0 Å². The Balaban J connectivity index is 1.49. The molecule has 2 saturated heterocycles. The third-order valence-corrected chi connectivity index (χ3v) is 4.57. The van der Waals surface area contributed by atoms with Crippen molar-refractivity contribution in [2.45, 2.75) is 32.1 Å². The lowest BCUT2D eigenvalue weighted by atomic mass is 9.95. The molecule has 2 amide bonds. The first-order valence-electron chi connectivity index (χ1n) is 7.83. The van der Waals surface area contributed by atoms with E-state index in [-0.39, 0.29) is 5.91 Å². The van der Waals surface area contributed by atoms with Gasteiger partial charge in [-0.1, -0.05) is 0 Å². The molecule has 0 N–H and O–H groups in total. The summed E-state index contributed by atoms with van der Waals surface area (Å²) in [7, 11) is 0. The molecule has 114 valence electrons. The van der Waals surface area contributed by atoms with Gasteiger partial charge in [0.1, 0.15) is 6.26 Å². The van der Waals surface area contributed by atoms with E-state index in [1.54, 1.807) is 6.07 Å². The van der Waals surface area contributed by atoms with Gasteiger partial charge in [0.15, 0.2) is 0 Å². The van der Waals surface area contributed by atoms with Crippen LogP contribution >= 0.6 is 0 Å². The van der Waals surface area contributed by atoms with Gasteiger partial charge in [-0.3, -0.25) is 9.59 Å². The van der Waals surface area contributed by atoms with Gasteiger partial charge in [-0.05, 0) is 37.7 Å². The van der Waals surface area contributed by atoms with Crippen molar-refractivity contribution < 1.29 is 14.0 Å². The molecule has 3 heterocycles. The molecule has 1 aromatic heterocycles. The van der Waals surface area contributed by atoms with E-state index in [9.17, 15) is 9.59 Å². The fourth-order valence-electron chi connectivity index (χ4n) is 3.25. The van der Waals surface area contributed by atoms with Crippen LogP contribution in [0.15, 0.2) is 23.0 Å². The average Bonchev–Trinajstić information content (AvgIpc) is 3.04. The van der Waals surface area contributed by atoms with Crippen molar-refractivity contribution in [3.63, 3.8) is 0 Å². The number of hydrogen-bond donors (Lipinski definition) is 0. The van der Waals surface area contributed by atoms with Crippen molar-refractivity contribution in [2.75, 3.05) is 26.2 Å². The first kappa shape index (κ1) is 14.2. The highest BCUT2D eigenvalue weighted by molar-refractivity contribution is 5.93. The maximum absolute atomic E-state index is 12.2. The molecule has 3 rings (SSSR count). The Bertz CT molecular complexity index is 490. The molecule has 2 aliphatic rings. The summed E-state index contributed by atoms with van der Waals surface area (Å²) in [4.78, 5) is 28.0. The summed E-state index contributed by atoms with van der Waals surface area (Å²) in [6.07, 6.45) is 7.86. The van der Waals surface area contributed by atoms with Crippen molar-refractivity contribution in [2.24, 2.45) is 5.92 Å². The predicted molar refractivity (Wildman–Crippen MR) is 77.8 cm³/mol. The highest BCUT2D eigenvalue weighted by atomic mass is 16.3. The molecular formula is C16H22N2O3. The summed E-state index contributed by atoms with van der Waals surface area (Å²) in [5, 5.41) is 0. The topological polar surface area (TPSA) is 53.8 Å². The van der Waals surface area contributed by atoms with Gasteiger partial charge < -0.3 is 14.2 Å². The molecule has 5 heteroatoms. The van der Waals surface area contributed by atoms with Crippen LogP contribution in [0.1, 0.15) is 42.5 Å². The Morgan fingerprint density at radius 2 is 2.05 bits per heavy atom. The molecule has 0 radical (unpaired) electrons. The van der Waals surface area contributed by atoms with Gasteiger partial charge in [0.05, 0.1) is 11.8 Å². The number of furan rings is 1. The van der Waals surface area contributed by atoms with Crippen LogP contribution in [0.25, 0.3) is 0 Å². The second kappa shape index (κ2) is 6.33. The number of amides is 2. The Labute approximate surface area is 124 Å². The SMILES string of the molecule is O=C1CCCCN1CC1CCN(C(=O)c2ccoc2)CC1. The smallest absolute Gasteiger partial charge is 0.257 e. The zero-order valence-electron chi connectivity index (χ0n) is 12.3. The molecule has 0 unspecified atom stereocenters. The Hall–Kier alpha value is -1.78. The number of rotatable bonds is 3. The monoisotopic (exact) mass is 290 g/mol. The van der Waals surface area contributed by atoms with Crippen LogP contribution in [0.4, 0.5) is 0 Å². The van der Waals surface area contributed by atoms with E-state index in [0.29, 0.717) is 23.8 Å². The number of carbonyl (C=O) groups is 2. The lowest BCUT2D eigenvalue weighted by molar-refractivity contribution is -0.134. The predicted octanol–water partition coefficient (Wildman–Crippen LogP) is 2.14. The average molecular weight is 290 g/mol. The standard InChI is InChI=1S/C16H22N2O3/c19-15-3-1-2-7-18(15)11-13-4-8-17(9-5-13)16(20)14-6-10-21-12-14/h6,10,12-13H,1-5,7-9,11H2. The molecule has 2 fully saturated rings. The molecular weight excluding hydrogens is 268 g/mol. The molecule has 21 heavy (non-hydrogen) atoms. The van der Waals surface area contributed by atoms with Crippen LogP contribution in [0, 0.1) is 5.92 Å². The van der Waals surface area contributed by atoms with Crippen LogP contribution in [0.3, 0.4) is 0 Å². The van der Waals surface area contributed by atoms with Crippen molar-refractivity contribution in [3.05, 3.63) is 24.2 Å². The summed E-state index contributed by atoms with van der Waals surface area (Å²) in [6, 6.07) is 1.71. The van der Waals surface area contributed by atoms with Crippen LogP contribution < -0.4 is 0 Å². The zero-order valence-corrected chi connectivity index (χ0v) is 12.3. The van der Waals surface area contributed by atoms with Crippen LogP contribution in [-0.4, -0.2) is 47.8 Å². The molecule has 2 aliphatic heterocycles. The molecule has 0 aromatic carbocycles.